The third-order valence-electron chi connectivity index (χ3n) is 3.18. The lowest BCUT2D eigenvalue weighted by atomic mass is 10.1. The van der Waals surface area contributed by atoms with Crippen LogP contribution in [0.5, 0.6) is 0 Å². The summed E-state index contributed by atoms with van der Waals surface area (Å²) in [5.74, 6) is 1.35. The number of nitrogens with zero attached hydrogens (tertiary/aromatic N) is 4. The van der Waals surface area contributed by atoms with E-state index in [1.165, 1.54) is 0 Å². The molecule has 0 aliphatic heterocycles. The van der Waals surface area contributed by atoms with Crippen LogP contribution < -0.4 is 5.73 Å². The van der Waals surface area contributed by atoms with Gasteiger partial charge in [-0.15, -0.1) is 0 Å². The molecule has 5 heteroatoms. The lowest BCUT2D eigenvalue weighted by molar-refractivity contribution is 0.860. The van der Waals surface area contributed by atoms with Gasteiger partial charge in [0.25, 0.3) is 0 Å². The molecule has 3 rings (SSSR count). The Morgan fingerprint density at radius 1 is 1.15 bits per heavy atom. The Kier molecular flexibility index (Phi) is 3.16. The number of rotatable bonds is 3. The first-order valence-corrected chi connectivity index (χ1v) is 6.50. The fourth-order valence-electron chi connectivity index (χ4n) is 2.20. The minimum atomic E-state index is 0.630. The Bertz CT molecular complexity index is 704. The summed E-state index contributed by atoms with van der Waals surface area (Å²) in [6.07, 6.45) is 6.08. The van der Waals surface area contributed by atoms with E-state index in [2.05, 4.69) is 22.0 Å². The monoisotopic (exact) mass is 265 g/mol. The molecule has 5 nitrogen and oxygen atoms in total. The van der Waals surface area contributed by atoms with E-state index < -0.39 is 0 Å². The zero-order valence-electron chi connectivity index (χ0n) is 11.2. The minimum Gasteiger partial charge on any atom is -0.383 e. The Hall–Kier alpha value is -2.69. The first kappa shape index (κ1) is 12.3. The molecule has 0 saturated carbocycles. The van der Waals surface area contributed by atoms with E-state index >= 15 is 0 Å². The Labute approximate surface area is 117 Å². The molecular weight excluding hydrogens is 250 g/mol. The van der Waals surface area contributed by atoms with Crippen molar-refractivity contribution in [3.63, 3.8) is 0 Å². The van der Waals surface area contributed by atoms with E-state index in [0.717, 1.165) is 29.1 Å². The van der Waals surface area contributed by atoms with E-state index in [9.17, 15) is 0 Å². The maximum atomic E-state index is 6.22. The molecule has 3 aromatic heterocycles. The van der Waals surface area contributed by atoms with Gasteiger partial charge in [0.15, 0.2) is 5.82 Å². The summed E-state index contributed by atoms with van der Waals surface area (Å²) in [7, 11) is 0. The second-order valence-electron chi connectivity index (χ2n) is 4.41. The summed E-state index contributed by atoms with van der Waals surface area (Å²) >= 11 is 0. The predicted octanol–water partition coefficient (Wildman–Crippen LogP) is 2.47. The minimum absolute atomic E-state index is 0.630. The molecular formula is C15H15N5. The maximum Gasteiger partial charge on any atom is 0.155 e. The van der Waals surface area contributed by atoms with Crippen LogP contribution in [0.1, 0.15) is 12.5 Å². The van der Waals surface area contributed by atoms with E-state index in [1.807, 2.05) is 30.3 Å². The van der Waals surface area contributed by atoms with Gasteiger partial charge in [-0.1, -0.05) is 13.0 Å². The van der Waals surface area contributed by atoms with Crippen LogP contribution in [0.3, 0.4) is 0 Å². The number of aromatic nitrogens is 4. The highest BCUT2D eigenvalue weighted by Gasteiger charge is 2.17. The Morgan fingerprint density at radius 2 is 2.05 bits per heavy atom. The number of nitrogen functional groups attached to an aromatic ring is 1. The molecule has 0 saturated heterocycles. The highest BCUT2D eigenvalue weighted by atomic mass is 15.3. The number of hydrogen-bond acceptors (Lipinski definition) is 4. The molecule has 0 unspecified atom stereocenters. The SMILES string of the molecule is CCc1c(-c2cccnc2)nn(-c2ccccn2)c1N. The van der Waals surface area contributed by atoms with Crippen molar-refractivity contribution in [2.45, 2.75) is 13.3 Å². The average Bonchev–Trinajstić information content (AvgIpc) is 2.86. The normalized spacial score (nSPS) is 10.7. The summed E-state index contributed by atoms with van der Waals surface area (Å²) in [5, 5.41) is 4.61. The van der Waals surface area contributed by atoms with Crippen molar-refractivity contribution in [2.24, 2.45) is 0 Å². The van der Waals surface area contributed by atoms with Crippen LogP contribution in [0.2, 0.25) is 0 Å². The summed E-state index contributed by atoms with van der Waals surface area (Å²) in [6.45, 7) is 2.07. The van der Waals surface area contributed by atoms with Gasteiger partial charge < -0.3 is 5.73 Å². The van der Waals surface area contributed by atoms with Crippen molar-refractivity contribution in [3.8, 4) is 17.1 Å². The van der Waals surface area contributed by atoms with Crippen LogP contribution >= 0.6 is 0 Å². The molecule has 0 spiro atoms. The molecule has 0 amide bonds. The van der Waals surface area contributed by atoms with Gasteiger partial charge in [0.1, 0.15) is 5.82 Å². The van der Waals surface area contributed by atoms with Crippen molar-refractivity contribution in [1.29, 1.82) is 0 Å². The third kappa shape index (κ3) is 2.03. The number of pyridine rings is 2. The number of hydrogen-bond donors (Lipinski definition) is 1. The highest BCUT2D eigenvalue weighted by molar-refractivity contribution is 5.68. The Balaban J connectivity index is 2.18. The summed E-state index contributed by atoms with van der Waals surface area (Å²) < 4.78 is 1.68. The standard InChI is InChI=1S/C15H15N5/c1-2-12-14(11-6-5-8-17-10-11)19-20(15(12)16)13-7-3-4-9-18-13/h3-10H,2,16H2,1H3. The lowest BCUT2D eigenvalue weighted by Gasteiger charge is -2.02. The molecule has 3 heterocycles. The van der Waals surface area contributed by atoms with Crippen molar-refractivity contribution < 1.29 is 0 Å². The largest absolute Gasteiger partial charge is 0.383 e. The molecule has 0 radical (unpaired) electrons. The molecule has 2 N–H and O–H groups in total. The molecule has 20 heavy (non-hydrogen) atoms. The van der Waals surface area contributed by atoms with Gasteiger partial charge in [-0.25, -0.2) is 4.98 Å². The number of nitrogens with two attached hydrogens (primary N) is 1. The molecule has 0 aliphatic rings. The van der Waals surface area contributed by atoms with E-state index in [-0.39, 0.29) is 0 Å². The van der Waals surface area contributed by atoms with Gasteiger partial charge in [0.2, 0.25) is 0 Å². The zero-order valence-corrected chi connectivity index (χ0v) is 11.2. The summed E-state index contributed by atoms with van der Waals surface area (Å²) in [4.78, 5) is 8.44. The quantitative estimate of drug-likeness (QED) is 0.789. The van der Waals surface area contributed by atoms with Crippen LogP contribution in [-0.4, -0.2) is 19.7 Å². The molecule has 0 bridgehead atoms. The second-order valence-corrected chi connectivity index (χ2v) is 4.41. The van der Waals surface area contributed by atoms with Crippen molar-refractivity contribution in [1.82, 2.24) is 19.7 Å². The van der Waals surface area contributed by atoms with Crippen LogP contribution in [0.25, 0.3) is 17.1 Å². The van der Waals surface area contributed by atoms with Gasteiger partial charge >= 0.3 is 0 Å². The van der Waals surface area contributed by atoms with Crippen LogP contribution in [0, 0.1) is 0 Å². The average molecular weight is 265 g/mol. The van der Waals surface area contributed by atoms with Crippen molar-refractivity contribution >= 4 is 5.82 Å². The smallest absolute Gasteiger partial charge is 0.155 e. The first-order valence-electron chi connectivity index (χ1n) is 6.50. The Morgan fingerprint density at radius 3 is 2.70 bits per heavy atom. The van der Waals surface area contributed by atoms with E-state index in [4.69, 9.17) is 5.73 Å². The fraction of sp³-hybridized carbons (Fsp3) is 0.133. The fourth-order valence-corrected chi connectivity index (χ4v) is 2.20. The van der Waals surface area contributed by atoms with Gasteiger partial charge in [0, 0.05) is 29.7 Å². The van der Waals surface area contributed by atoms with Gasteiger partial charge in [-0.2, -0.15) is 9.78 Å². The molecule has 3 aromatic rings. The van der Waals surface area contributed by atoms with Gasteiger partial charge in [-0.3, -0.25) is 4.98 Å². The summed E-state index contributed by atoms with van der Waals surface area (Å²) in [6, 6.07) is 9.54. The predicted molar refractivity (Wildman–Crippen MR) is 78.4 cm³/mol. The van der Waals surface area contributed by atoms with Crippen LogP contribution in [-0.2, 0) is 6.42 Å². The van der Waals surface area contributed by atoms with E-state index in [0.29, 0.717) is 5.82 Å². The van der Waals surface area contributed by atoms with E-state index in [1.54, 1.807) is 23.3 Å². The lowest BCUT2D eigenvalue weighted by Crippen LogP contribution is -2.04. The molecule has 0 aromatic carbocycles. The molecule has 100 valence electrons. The van der Waals surface area contributed by atoms with Crippen molar-refractivity contribution in [2.75, 3.05) is 5.73 Å². The second kappa shape index (κ2) is 5.13. The first-order chi connectivity index (χ1) is 9.81. The summed E-state index contributed by atoms with van der Waals surface area (Å²) in [5.41, 5.74) is 9.07. The zero-order chi connectivity index (χ0) is 13.9. The maximum absolute atomic E-state index is 6.22. The van der Waals surface area contributed by atoms with Crippen LogP contribution in [0.4, 0.5) is 5.82 Å². The van der Waals surface area contributed by atoms with Crippen LogP contribution in [0.15, 0.2) is 48.9 Å². The third-order valence-corrected chi connectivity index (χ3v) is 3.18. The molecule has 0 atom stereocenters. The van der Waals surface area contributed by atoms with Gasteiger partial charge in [0.05, 0.1) is 5.69 Å². The van der Waals surface area contributed by atoms with Crippen molar-refractivity contribution in [3.05, 3.63) is 54.5 Å². The molecule has 0 fully saturated rings. The molecule has 0 aliphatic carbocycles. The highest BCUT2D eigenvalue weighted by Crippen LogP contribution is 2.28. The topological polar surface area (TPSA) is 69.6 Å². The number of anilines is 1. The van der Waals surface area contributed by atoms with Gasteiger partial charge in [-0.05, 0) is 30.7 Å².